The van der Waals surface area contributed by atoms with Crippen molar-refractivity contribution in [1.82, 2.24) is 0 Å². The standard InChI is InChI=1S/C12H22F2O5S/c1-9(2)7-5-4-6-8-11(15)19-10(3)12(13,14)20(16,17)18/h9-10H,4-8H2,1-3H3,(H,16,17,18). The zero-order valence-corrected chi connectivity index (χ0v) is 12.8. The fraction of sp³-hybridized carbons (Fsp3) is 0.917. The highest BCUT2D eigenvalue weighted by Gasteiger charge is 2.51. The molecule has 5 nitrogen and oxygen atoms in total. The van der Waals surface area contributed by atoms with Crippen LogP contribution in [-0.2, 0) is 19.6 Å². The Bertz CT molecular complexity index is 406. The van der Waals surface area contributed by atoms with E-state index in [1.165, 1.54) is 0 Å². The van der Waals surface area contributed by atoms with Crippen molar-refractivity contribution in [3.05, 3.63) is 0 Å². The molecule has 20 heavy (non-hydrogen) atoms. The predicted octanol–water partition coefficient (Wildman–Crippen LogP) is 3.01. The molecule has 0 fully saturated rings. The van der Waals surface area contributed by atoms with Crippen molar-refractivity contribution in [1.29, 1.82) is 0 Å². The third-order valence-corrected chi connectivity index (χ3v) is 3.81. The second-order valence-corrected chi connectivity index (χ2v) is 6.66. The van der Waals surface area contributed by atoms with Gasteiger partial charge in [-0.3, -0.25) is 9.35 Å². The monoisotopic (exact) mass is 316 g/mol. The van der Waals surface area contributed by atoms with Crippen LogP contribution in [0.4, 0.5) is 8.78 Å². The van der Waals surface area contributed by atoms with E-state index in [0.717, 1.165) is 26.2 Å². The number of hydrogen-bond acceptors (Lipinski definition) is 4. The van der Waals surface area contributed by atoms with Crippen LogP contribution in [-0.4, -0.2) is 30.3 Å². The maximum atomic E-state index is 13.1. The first-order chi connectivity index (χ1) is 8.98. The zero-order chi connectivity index (χ0) is 16.0. The lowest BCUT2D eigenvalue weighted by atomic mass is 10.0. The normalized spacial score (nSPS) is 14.3. The Hall–Kier alpha value is -0.760. The molecule has 1 N–H and O–H groups in total. The van der Waals surface area contributed by atoms with Gasteiger partial charge in [0, 0.05) is 6.42 Å². The van der Waals surface area contributed by atoms with Gasteiger partial charge in [0.25, 0.3) is 0 Å². The lowest BCUT2D eigenvalue weighted by Crippen LogP contribution is -2.41. The van der Waals surface area contributed by atoms with E-state index in [2.05, 4.69) is 18.6 Å². The average molecular weight is 316 g/mol. The maximum Gasteiger partial charge on any atom is 0.405 e. The minimum atomic E-state index is -5.60. The Kier molecular flexibility index (Phi) is 7.57. The van der Waals surface area contributed by atoms with Gasteiger partial charge in [0.05, 0.1) is 0 Å². The highest BCUT2D eigenvalue weighted by molar-refractivity contribution is 7.86. The number of unbranched alkanes of at least 4 members (excludes halogenated alkanes) is 2. The fourth-order valence-corrected chi connectivity index (χ4v) is 2.00. The Labute approximate surface area is 118 Å². The molecule has 0 aromatic carbocycles. The number of halogens is 2. The van der Waals surface area contributed by atoms with Crippen molar-refractivity contribution < 1.29 is 31.3 Å². The molecule has 0 radical (unpaired) electrons. The molecule has 0 aliphatic heterocycles. The van der Waals surface area contributed by atoms with E-state index in [-0.39, 0.29) is 6.42 Å². The van der Waals surface area contributed by atoms with E-state index >= 15 is 0 Å². The highest BCUT2D eigenvalue weighted by atomic mass is 32.2. The van der Waals surface area contributed by atoms with Crippen molar-refractivity contribution in [2.45, 2.75) is 64.2 Å². The average Bonchev–Trinajstić information content (AvgIpc) is 2.26. The van der Waals surface area contributed by atoms with Gasteiger partial charge in [0.15, 0.2) is 6.10 Å². The van der Waals surface area contributed by atoms with Gasteiger partial charge in [-0.1, -0.05) is 33.1 Å². The van der Waals surface area contributed by atoms with Gasteiger partial charge in [-0.2, -0.15) is 17.2 Å². The molecule has 0 rings (SSSR count). The SMILES string of the molecule is CC(C)CCCCCC(=O)OC(C)C(F)(F)S(=O)(=O)O. The van der Waals surface area contributed by atoms with Gasteiger partial charge >= 0.3 is 21.3 Å². The van der Waals surface area contributed by atoms with Crippen LogP contribution in [0.5, 0.6) is 0 Å². The Morgan fingerprint density at radius 2 is 1.75 bits per heavy atom. The minimum absolute atomic E-state index is 0.0516. The summed E-state index contributed by atoms with van der Waals surface area (Å²) >= 11 is 0. The molecule has 8 heteroatoms. The lowest BCUT2D eigenvalue weighted by Gasteiger charge is -2.20. The van der Waals surface area contributed by atoms with E-state index < -0.39 is 27.4 Å². The van der Waals surface area contributed by atoms with Gasteiger partial charge in [-0.15, -0.1) is 0 Å². The first-order valence-electron chi connectivity index (χ1n) is 6.52. The summed E-state index contributed by atoms with van der Waals surface area (Å²) in [7, 11) is -5.60. The molecule has 0 saturated heterocycles. The van der Waals surface area contributed by atoms with Crippen LogP contribution in [0.2, 0.25) is 0 Å². The third-order valence-electron chi connectivity index (χ3n) is 2.79. The first kappa shape index (κ1) is 19.2. The molecule has 0 bridgehead atoms. The molecule has 0 aromatic rings. The van der Waals surface area contributed by atoms with E-state index in [1.54, 1.807) is 0 Å². The van der Waals surface area contributed by atoms with Crippen LogP contribution in [0.3, 0.4) is 0 Å². The zero-order valence-electron chi connectivity index (χ0n) is 11.9. The quantitative estimate of drug-likeness (QED) is 0.402. The van der Waals surface area contributed by atoms with Crippen LogP contribution in [0.15, 0.2) is 0 Å². The Morgan fingerprint density at radius 1 is 1.20 bits per heavy atom. The number of carbonyl (C=O) groups is 1. The minimum Gasteiger partial charge on any atom is -0.455 e. The van der Waals surface area contributed by atoms with Gasteiger partial charge in [-0.25, -0.2) is 0 Å². The Balaban J connectivity index is 4.10. The molecule has 0 aliphatic carbocycles. The summed E-state index contributed by atoms with van der Waals surface area (Å²) in [5.41, 5.74) is 0. The maximum absolute atomic E-state index is 13.1. The molecule has 120 valence electrons. The van der Waals surface area contributed by atoms with Crippen molar-refractivity contribution in [3.8, 4) is 0 Å². The summed E-state index contributed by atoms with van der Waals surface area (Å²) in [6.07, 6.45) is 0.949. The fourth-order valence-electron chi connectivity index (χ4n) is 1.53. The van der Waals surface area contributed by atoms with Crippen molar-refractivity contribution >= 4 is 16.1 Å². The number of esters is 1. The lowest BCUT2D eigenvalue weighted by molar-refractivity contribution is -0.159. The van der Waals surface area contributed by atoms with E-state index in [1.807, 2.05) is 0 Å². The number of hydrogen-bond donors (Lipinski definition) is 1. The molecule has 0 saturated carbocycles. The van der Waals surface area contributed by atoms with Crippen molar-refractivity contribution in [2.75, 3.05) is 0 Å². The number of alkyl halides is 2. The summed E-state index contributed by atoms with van der Waals surface area (Å²) in [5.74, 6) is -0.333. The summed E-state index contributed by atoms with van der Waals surface area (Å²) in [6.45, 7) is 4.88. The van der Waals surface area contributed by atoms with Crippen molar-refractivity contribution in [3.63, 3.8) is 0 Å². The molecule has 0 aliphatic rings. The van der Waals surface area contributed by atoms with Gasteiger partial charge in [0.1, 0.15) is 0 Å². The van der Waals surface area contributed by atoms with E-state index in [9.17, 15) is 22.0 Å². The summed E-state index contributed by atoms with van der Waals surface area (Å²) < 4.78 is 59.8. The molecule has 0 aromatic heterocycles. The van der Waals surface area contributed by atoms with Crippen LogP contribution < -0.4 is 0 Å². The highest BCUT2D eigenvalue weighted by Crippen LogP contribution is 2.27. The van der Waals surface area contributed by atoms with Crippen molar-refractivity contribution in [2.24, 2.45) is 5.92 Å². The molecular weight excluding hydrogens is 294 g/mol. The summed E-state index contributed by atoms with van der Waals surface area (Å²) in [4.78, 5) is 11.3. The predicted molar refractivity (Wildman–Crippen MR) is 70.0 cm³/mol. The Morgan fingerprint density at radius 3 is 2.20 bits per heavy atom. The molecule has 1 unspecified atom stereocenters. The van der Waals surface area contributed by atoms with Crippen LogP contribution in [0, 0.1) is 5.92 Å². The van der Waals surface area contributed by atoms with Crippen LogP contribution >= 0.6 is 0 Å². The third kappa shape index (κ3) is 6.60. The smallest absolute Gasteiger partial charge is 0.405 e. The molecule has 0 spiro atoms. The van der Waals surface area contributed by atoms with E-state index in [0.29, 0.717) is 12.3 Å². The summed E-state index contributed by atoms with van der Waals surface area (Å²) in [6, 6.07) is 0. The van der Waals surface area contributed by atoms with Crippen LogP contribution in [0.1, 0.15) is 52.9 Å². The van der Waals surface area contributed by atoms with Crippen LogP contribution in [0.25, 0.3) is 0 Å². The number of carbonyl (C=O) groups excluding carboxylic acids is 1. The largest absolute Gasteiger partial charge is 0.455 e. The molecular formula is C12H22F2O5S. The molecule has 0 heterocycles. The second-order valence-electron chi connectivity index (χ2n) is 5.16. The second kappa shape index (κ2) is 7.87. The van der Waals surface area contributed by atoms with E-state index in [4.69, 9.17) is 4.55 Å². The van der Waals surface area contributed by atoms with Gasteiger partial charge in [-0.05, 0) is 19.3 Å². The number of ether oxygens (including phenoxy) is 1. The number of rotatable bonds is 9. The summed E-state index contributed by atoms with van der Waals surface area (Å²) in [5, 5.41) is -4.50. The topological polar surface area (TPSA) is 80.7 Å². The first-order valence-corrected chi connectivity index (χ1v) is 7.96. The van der Waals surface area contributed by atoms with Gasteiger partial charge < -0.3 is 4.74 Å². The van der Waals surface area contributed by atoms with Gasteiger partial charge in [0.2, 0.25) is 0 Å². The molecule has 1 atom stereocenters. The molecule has 0 amide bonds.